The van der Waals surface area contributed by atoms with Crippen LogP contribution in [0.25, 0.3) is 0 Å². The van der Waals surface area contributed by atoms with Gasteiger partial charge in [-0.2, -0.15) is 0 Å². The Kier molecular flexibility index (Phi) is 3.95. The second kappa shape index (κ2) is 5.83. The van der Waals surface area contributed by atoms with Crippen molar-refractivity contribution in [3.05, 3.63) is 53.9 Å². The summed E-state index contributed by atoms with van der Waals surface area (Å²) in [6.07, 6.45) is 2.58. The standard InChI is InChI=1S/C14H12N2O4/c1-20-14(19)9-2-4-11(5-3-9)16-13(18)10-6-12(17)8-15-7-10/h2-8,17H,1H3,(H,16,18). The molecule has 1 heterocycles. The molecule has 0 bridgehead atoms. The molecule has 2 aromatic rings. The average molecular weight is 272 g/mol. The number of benzene rings is 1. The van der Waals surface area contributed by atoms with Gasteiger partial charge in [-0.25, -0.2) is 4.79 Å². The third kappa shape index (κ3) is 3.11. The Morgan fingerprint density at radius 3 is 2.45 bits per heavy atom. The van der Waals surface area contributed by atoms with Crippen molar-refractivity contribution in [3.8, 4) is 5.75 Å². The van der Waals surface area contributed by atoms with E-state index >= 15 is 0 Å². The first-order chi connectivity index (χ1) is 9.60. The predicted molar refractivity (Wildman–Crippen MR) is 71.6 cm³/mol. The summed E-state index contributed by atoms with van der Waals surface area (Å²) in [5.74, 6) is -0.932. The number of aromatic hydroxyl groups is 1. The van der Waals surface area contributed by atoms with Crippen molar-refractivity contribution >= 4 is 17.6 Å². The van der Waals surface area contributed by atoms with Crippen LogP contribution < -0.4 is 5.32 Å². The zero-order valence-corrected chi connectivity index (χ0v) is 10.7. The molecule has 1 aromatic carbocycles. The lowest BCUT2D eigenvalue weighted by atomic mass is 10.2. The van der Waals surface area contributed by atoms with E-state index in [2.05, 4.69) is 15.0 Å². The highest BCUT2D eigenvalue weighted by Crippen LogP contribution is 2.13. The molecule has 0 saturated carbocycles. The number of methoxy groups -OCH3 is 1. The van der Waals surface area contributed by atoms with E-state index in [0.29, 0.717) is 11.3 Å². The predicted octanol–water partition coefficient (Wildman–Crippen LogP) is 1.83. The maximum absolute atomic E-state index is 11.9. The van der Waals surface area contributed by atoms with Gasteiger partial charge in [-0.1, -0.05) is 0 Å². The minimum absolute atomic E-state index is 0.0845. The van der Waals surface area contributed by atoms with E-state index in [1.807, 2.05) is 0 Å². The summed E-state index contributed by atoms with van der Waals surface area (Å²) in [5.41, 5.74) is 1.15. The van der Waals surface area contributed by atoms with Gasteiger partial charge in [0.1, 0.15) is 5.75 Å². The topological polar surface area (TPSA) is 88.5 Å². The number of anilines is 1. The molecule has 1 aromatic heterocycles. The molecule has 0 fully saturated rings. The van der Waals surface area contributed by atoms with Crippen LogP contribution in [0.5, 0.6) is 5.75 Å². The minimum atomic E-state index is -0.444. The molecule has 0 radical (unpaired) electrons. The van der Waals surface area contributed by atoms with E-state index in [9.17, 15) is 14.7 Å². The van der Waals surface area contributed by atoms with Crippen LogP contribution >= 0.6 is 0 Å². The Balaban J connectivity index is 2.10. The molecular weight excluding hydrogens is 260 g/mol. The maximum atomic E-state index is 11.9. The second-order valence-electron chi connectivity index (χ2n) is 3.95. The zero-order chi connectivity index (χ0) is 14.5. The van der Waals surface area contributed by atoms with Crippen molar-refractivity contribution in [1.29, 1.82) is 0 Å². The molecule has 0 atom stereocenters. The lowest BCUT2D eigenvalue weighted by molar-refractivity contribution is 0.0600. The van der Waals surface area contributed by atoms with Crippen molar-refractivity contribution in [2.45, 2.75) is 0 Å². The zero-order valence-electron chi connectivity index (χ0n) is 10.7. The summed E-state index contributed by atoms with van der Waals surface area (Å²) in [6, 6.07) is 7.57. The molecular formula is C14H12N2O4. The van der Waals surface area contributed by atoms with Gasteiger partial charge < -0.3 is 15.2 Å². The summed E-state index contributed by atoms with van der Waals surface area (Å²) >= 11 is 0. The average Bonchev–Trinajstić information content (AvgIpc) is 2.47. The molecule has 20 heavy (non-hydrogen) atoms. The van der Waals surface area contributed by atoms with Crippen molar-refractivity contribution in [2.75, 3.05) is 12.4 Å². The largest absolute Gasteiger partial charge is 0.506 e. The number of esters is 1. The molecule has 102 valence electrons. The third-order valence-corrected chi connectivity index (χ3v) is 2.55. The Labute approximate surface area is 115 Å². The molecule has 0 unspecified atom stereocenters. The smallest absolute Gasteiger partial charge is 0.337 e. The number of pyridine rings is 1. The third-order valence-electron chi connectivity index (χ3n) is 2.55. The van der Waals surface area contributed by atoms with Gasteiger partial charge in [0, 0.05) is 11.9 Å². The molecule has 0 saturated heterocycles. The quantitative estimate of drug-likeness (QED) is 0.832. The minimum Gasteiger partial charge on any atom is -0.506 e. The van der Waals surface area contributed by atoms with E-state index in [4.69, 9.17) is 0 Å². The van der Waals surface area contributed by atoms with Crippen LogP contribution in [0.2, 0.25) is 0 Å². The highest BCUT2D eigenvalue weighted by atomic mass is 16.5. The van der Waals surface area contributed by atoms with E-state index in [1.54, 1.807) is 24.3 Å². The molecule has 0 spiro atoms. The number of nitrogens with one attached hydrogen (secondary N) is 1. The molecule has 2 N–H and O–H groups in total. The van der Waals surface area contributed by atoms with Crippen LogP contribution in [0.3, 0.4) is 0 Å². The Hall–Kier alpha value is -2.89. The van der Waals surface area contributed by atoms with Gasteiger partial charge in [0.25, 0.3) is 5.91 Å². The second-order valence-corrected chi connectivity index (χ2v) is 3.95. The Morgan fingerprint density at radius 1 is 1.15 bits per heavy atom. The van der Waals surface area contributed by atoms with Gasteiger partial charge in [-0.15, -0.1) is 0 Å². The first kappa shape index (κ1) is 13.5. The van der Waals surface area contributed by atoms with E-state index in [-0.39, 0.29) is 11.3 Å². The van der Waals surface area contributed by atoms with Gasteiger partial charge in [-0.3, -0.25) is 9.78 Å². The lowest BCUT2D eigenvalue weighted by Gasteiger charge is -2.06. The van der Waals surface area contributed by atoms with Crippen molar-refractivity contribution in [3.63, 3.8) is 0 Å². The van der Waals surface area contributed by atoms with Crippen LogP contribution in [-0.4, -0.2) is 29.1 Å². The molecule has 0 aliphatic rings. The number of hydrogen-bond donors (Lipinski definition) is 2. The first-order valence-corrected chi connectivity index (χ1v) is 5.74. The van der Waals surface area contributed by atoms with E-state index in [1.165, 1.54) is 25.6 Å². The summed E-state index contributed by atoms with van der Waals surface area (Å²) in [6.45, 7) is 0. The molecule has 6 heteroatoms. The van der Waals surface area contributed by atoms with Gasteiger partial charge in [0.05, 0.1) is 24.4 Å². The summed E-state index contributed by atoms with van der Waals surface area (Å²) < 4.78 is 4.58. The SMILES string of the molecule is COC(=O)c1ccc(NC(=O)c2cncc(O)c2)cc1. The van der Waals surface area contributed by atoms with Gasteiger partial charge in [0.2, 0.25) is 0 Å². The van der Waals surface area contributed by atoms with Gasteiger partial charge in [0.15, 0.2) is 0 Å². The molecule has 2 rings (SSSR count). The van der Waals surface area contributed by atoms with Gasteiger partial charge >= 0.3 is 5.97 Å². The number of carbonyl (C=O) groups is 2. The van der Waals surface area contributed by atoms with Gasteiger partial charge in [-0.05, 0) is 30.3 Å². The monoisotopic (exact) mass is 272 g/mol. The number of carbonyl (C=O) groups excluding carboxylic acids is 2. The number of rotatable bonds is 3. The number of amides is 1. The normalized spacial score (nSPS) is 9.85. The first-order valence-electron chi connectivity index (χ1n) is 5.74. The Morgan fingerprint density at radius 2 is 1.85 bits per heavy atom. The van der Waals surface area contributed by atoms with Crippen molar-refractivity contribution < 1.29 is 19.4 Å². The molecule has 6 nitrogen and oxygen atoms in total. The number of hydrogen-bond acceptors (Lipinski definition) is 5. The van der Waals surface area contributed by atoms with Crippen LogP contribution in [-0.2, 0) is 4.74 Å². The number of nitrogens with zero attached hydrogens (tertiary/aromatic N) is 1. The van der Waals surface area contributed by atoms with Crippen LogP contribution in [0.15, 0.2) is 42.7 Å². The fourth-order valence-corrected chi connectivity index (χ4v) is 1.56. The van der Waals surface area contributed by atoms with Crippen molar-refractivity contribution in [1.82, 2.24) is 4.98 Å². The maximum Gasteiger partial charge on any atom is 0.337 e. The van der Waals surface area contributed by atoms with E-state index in [0.717, 1.165) is 0 Å². The summed E-state index contributed by atoms with van der Waals surface area (Å²) in [5, 5.41) is 11.9. The van der Waals surface area contributed by atoms with E-state index < -0.39 is 11.9 Å². The highest BCUT2D eigenvalue weighted by Gasteiger charge is 2.09. The highest BCUT2D eigenvalue weighted by molar-refractivity contribution is 6.04. The van der Waals surface area contributed by atoms with Crippen LogP contribution in [0.4, 0.5) is 5.69 Å². The molecule has 0 aliphatic carbocycles. The summed E-state index contributed by atoms with van der Waals surface area (Å²) in [7, 11) is 1.30. The van der Waals surface area contributed by atoms with Crippen LogP contribution in [0.1, 0.15) is 20.7 Å². The Bertz CT molecular complexity index is 638. The van der Waals surface area contributed by atoms with Crippen molar-refractivity contribution in [2.24, 2.45) is 0 Å². The number of aromatic nitrogens is 1. The fourth-order valence-electron chi connectivity index (χ4n) is 1.56. The summed E-state index contributed by atoms with van der Waals surface area (Å²) in [4.78, 5) is 26.9. The molecule has 0 aliphatic heterocycles. The number of ether oxygens (including phenoxy) is 1. The van der Waals surface area contributed by atoms with Crippen LogP contribution in [0, 0.1) is 0 Å². The lowest BCUT2D eigenvalue weighted by Crippen LogP contribution is -2.12. The molecule has 1 amide bonds. The fraction of sp³-hybridized carbons (Fsp3) is 0.0714.